The third kappa shape index (κ3) is 3.04. The van der Waals surface area contributed by atoms with Crippen molar-refractivity contribution in [1.82, 2.24) is 0 Å². The predicted molar refractivity (Wildman–Crippen MR) is 104 cm³/mol. The van der Waals surface area contributed by atoms with Crippen LogP contribution in [-0.2, 0) is 14.6 Å². The zero-order chi connectivity index (χ0) is 19.0. The summed E-state index contributed by atoms with van der Waals surface area (Å²) in [5.74, 6) is -0.264. The number of carbonyl (C=O) groups excluding carboxylic acids is 1. The maximum absolute atomic E-state index is 12.6. The molecule has 6 heteroatoms. The van der Waals surface area contributed by atoms with Crippen LogP contribution < -0.4 is 5.32 Å². The summed E-state index contributed by atoms with van der Waals surface area (Å²) in [6, 6.07) is 20.1. The highest BCUT2D eigenvalue weighted by Crippen LogP contribution is 2.29. The fourth-order valence-electron chi connectivity index (χ4n) is 3.00. The fraction of sp³-hybridized carbons (Fsp3) is 0.0476. The lowest BCUT2D eigenvalue weighted by molar-refractivity contribution is -0.110. The number of sulfone groups is 1. The number of aliphatic imine (C=N–C) groups is 1. The van der Waals surface area contributed by atoms with Crippen molar-refractivity contribution in [3.63, 3.8) is 0 Å². The van der Waals surface area contributed by atoms with Crippen molar-refractivity contribution in [1.29, 1.82) is 0 Å². The van der Waals surface area contributed by atoms with Gasteiger partial charge in [-0.25, -0.2) is 13.4 Å². The number of carbonyl (C=O) groups is 1. The van der Waals surface area contributed by atoms with Gasteiger partial charge in [0.1, 0.15) is 5.71 Å². The molecule has 1 aliphatic heterocycles. The molecule has 0 saturated heterocycles. The van der Waals surface area contributed by atoms with Crippen molar-refractivity contribution in [2.45, 2.75) is 16.7 Å². The van der Waals surface area contributed by atoms with Crippen LogP contribution in [0.5, 0.6) is 0 Å². The molecular weight excluding hydrogens is 360 g/mol. The Bertz CT molecular complexity index is 1170. The van der Waals surface area contributed by atoms with Crippen LogP contribution in [0.4, 0.5) is 11.4 Å². The van der Waals surface area contributed by atoms with E-state index in [1.54, 1.807) is 42.5 Å². The number of benzene rings is 3. The van der Waals surface area contributed by atoms with Gasteiger partial charge in [-0.05, 0) is 48.9 Å². The van der Waals surface area contributed by atoms with Gasteiger partial charge in [0.2, 0.25) is 9.84 Å². The Morgan fingerprint density at radius 1 is 0.815 bits per heavy atom. The maximum Gasteiger partial charge on any atom is 0.275 e. The minimum atomic E-state index is -3.58. The summed E-state index contributed by atoms with van der Waals surface area (Å²) in [6.07, 6.45) is 0. The minimum Gasteiger partial charge on any atom is -0.320 e. The van der Waals surface area contributed by atoms with Gasteiger partial charge in [0, 0.05) is 5.56 Å². The van der Waals surface area contributed by atoms with Gasteiger partial charge in [0.25, 0.3) is 5.91 Å². The molecule has 1 heterocycles. The molecule has 134 valence electrons. The summed E-state index contributed by atoms with van der Waals surface area (Å²) in [5.41, 5.74) is 3.33. The van der Waals surface area contributed by atoms with Gasteiger partial charge in [-0.15, -0.1) is 0 Å². The summed E-state index contributed by atoms with van der Waals surface area (Å²) in [5, 5.41) is 2.83. The molecule has 0 fully saturated rings. The van der Waals surface area contributed by atoms with Crippen molar-refractivity contribution in [3.8, 4) is 0 Å². The van der Waals surface area contributed by atoms with E-state index in [-0.39, 0.29) is 15.7 Å². The average Bonchev–Trinajstić information content (AvgIpc) is 3.00. The number of nitrogens with zero attached hydrogens (tertiary/aromatic N) is 1. The third-order valence-electron chi connectivity index (χ3n) is 4.42. The first-order valence-electron chi connectivity index (χ1n) is 8.37. The summed E-state index contributed by atoms with van der Waals surface area (Å²) in [7, 11) is -3.58. The Kier molecular flexibility index (Phi) is 4.12. The molecule has 4 rings (SSSR count). The molecule has 1 N–H and O–H groups in total. The van der Waals surface area contributed by atoms with Crippen molar-refractivity contribution >= 4 is 32.8 Å². The molecule has 0 spiro atoms. The van der Waals surface area contributed by atoms with Gasteiger partial charge in [-0.1, -0.05) is 36.4 Å². The van der Waals surface area contributed by atoms with Gasteiger partial charge in [-0.3, -0.25) is 4.79 Å². The lowest BCUT2D eigenvalue weighted by atomic mass is 10.1. The molecule has 0 aromatic heterocycles. The van der Waals surface area contributed by atoms with Gasteiger partial charge in [-0.2, -0.15) is 0 Å². The smallest absolute Gasteiger partial charge is 0.275 e. The normalized spacial score (nSPS) is 14.9. The second-order valence-electron chi connectivity index (χ2n) is 6.22. The molecule has 0 atom stereocenters. The summed E-state index contributed by atoms with van der Waals surface area (Å²) < 4.78 is 25.3. The van der Waals surface area contributed by atoms with Crippen LogP contribution in [-0.4, -0.2) is 20.0 Å². The van der Waals surface area contributed by atoms with Crippen molar-refractivity contribution < 1.29 is 13.2 Å². The quantitative estimate of drug-likeness (QED) is 0.753. The number of fused-ring (bicyclic) bond motifs is 1. The maximum atomic E-state index is 12.6. The Morgan fingerprint density at radius 2 is 1.48 bits per heavy atom. The molecule has 3 aromatic rings. The first-order valence-corrected chi connectivity index (χ1v) is 9.85. The molecule has 3 aromatic carbocycles. The molecule has 0 bridgehead atoms. The van der Waals surface area contributed by atoms with Gasteiger partial charge in [0.15, 0.2) is 0 Å². The number of amides is 1. The fourth-order valence-corrected chi connectivity index (χ4v) is 4.28. The van der Waals surface area contributed by atoms with E-state index in [2.05, 4.69) is 10.3 Å². The van der Waals surface area contributed by atoms with Crippen LogP contribution in [0.3, 0.4) is 0 Å². The van der Waals surface area contributed by atoms with Gasteiger partial charge < -0.3 is 5.32 Å². The Balaban J connectivity index is 1.70. The topological polar surface area (TPSA) is 75.6 Å². The average molecular weight is 376 g/mol. The number of hydrogen-bond donors (Lipinski definition) is 1. The number of para-hydroxylation sites is 1. The second kappa shape index (κ2) is 6.48. The first-order chi connectivity index (χ1) is 13.0. The van der Waals surface area contributed by atoms with E-state index in [1.807, 2.05) is 25.1 Å². The highest BCUT2D eigenvalue weighted by atomic mass is 32.2. The number of nitrogens with one attached hydrogen (secondary N) is 1. The van der Waals surface area contributed by atoms with Crippen LogP contribution in [0, 0.1) is 6.92 Å². The van der Waals surface area contributed by atoms with E-state index < -0.39 is 9.84 Å². The first kappa shape index (κ1) is 17.2. The molecule has 0 unspecified atom stereocenters. The Labute approximate surface area is 157 Å². The lowest BCUT2D eigenvalue weighted by Gasteiger charge is -2.05. The van der Waals surface area contributed by atoms with E-state index in [1.165, 1.54) is 12.1 Å². The summed E-state index contributed by atoms with van der Waals surface area (Å²) in [4.78, 5) is 17.1. The molecule has 0 saturated carbocycles. The van der Waals surface area contributed by atoms with Crippen LogP contribution in [0.25, 0.3) is 0 Å². The SMILES string of the molecule is Cc1cccc2c1NC(=O)C2=Nc1ccc(S(=O)(=O)c2ccccc2)cc1. The van der Waals surface area contributed by atoms with E-state index >= 15 is 0 Å². The van der Waals surface area contributed by atoms with Crippen molar-refractivity contribution in [2.75, 3.05) is 5.32 Å². The number of aryl methyl sites for hydroxylation is 1. The summed E-state index contributed by atoms with van der Waals surface area (Å²) >= 11 is 0. The highest BCUT2D eigenvalue weighted by Gasteiger charge is 2.27. The number of rotatable bonds is 3. The molecule has 0 aliphatic carbocycles. The Hall–Kier alpha value is -3.25. The van der Waals surface area contributed by atoms with E-state index in [0.717, 1.165) is 16.8 Å². The zero-order valence-corrected chi connectivity index (χ0v) is 15.3. The number of anilines is 1. The van der Waals surface area contributed by atoms with E-state index in [0.29, 0.717) is 11.4 Å². The van der Waals surface area contributed by atoms with Gasteiger partial charge in [0.05, 0.1) is 21.2 Å². The largest absolute Gasteiger partial charge is 0.320 e. The van der Waals surface area contributed by atoms with Crippen molar-refractivity contribution in [2.24, 2.45) is 4.99 Å². The van der Waals surface area contributed by atoms with Crippen LogP contribution in [0.15, 0.2) is 87.6 Å². The highest BCUT2D eigenvalue weighted by molar-refractivity contribution is 7.91. The van der Waals surface area contributed by atoms with Crippen LogP contribution in [0.1, 0.15) is 11.1 Å². The van der Waals surface area contributed by atoms with Gasteiger partial charge >= 0.3 is 0 Å². The summed E-state index contributed by atoms with van der Waals surface area (Å²) in [6.45, 7) is 1.92. The molecule has 27 heavy (non-hydrogen) atoms. The Morgan fingerprint density at radius 3 is 2.19 bits per heavy atom. The molecule has 1 amide bonds. The third-order valence-corrected chi connectivity index (χ3v) is 6.21. The molecular formula is C21H16N2O3S. The van der Waals surface area contributed by atoms with Crippen LogP contribution in [0.2, 0.25) is 0 Å². The molecule has 0 radical (unpaired) electrons. The second-order valence-corrected chi connectivity index (χ2v) is 8.17. The van der Waals surface area contributed by atoms with Crippen molar-refractivity contribution in [3.05, 3.63) is 83.9 Å². The number of hydrogen-bond acceptors (Lipinski definition) is 4. The predicted octanol–water partition coefficient (Wildman–Crippen LogP) is 3.90. The van der Waals surface area contributed by atoms with E-state index in [9.17, 15) is 13.2 Å². The minimum absolute atomic E-state index is 0.185. The zero-order valence-electron chi connectivity index (χ0n) is 14.5. The van der Waals surface area contributed by atoms with E-state index in [4.69, 9.17) is 0 Å². The molecule has 1 aliphatic rings. The molecule has 5 nitrogen and oxygen atoms in total. The lowest BCUT2D eigenvalue weighted by Crippen LogP contribution is -2.14. The standard InChI is InChI=1S/C21H16N2O3S/c1-14-6-5-9-18-19(14)23-21(24)20(18)22-15-10-12-17(13-11-15)27(25,26)16-7-3-2-4-8-16/h2-13H,1H3,(H,22,23,24). The monoisotopic (exact) mass is 376 g/mol. The van der Waals surface area contributed by atoms with Crippen LogP contribution >= 0.6 is 0 Å².